The number of hydrogen-bond acceptors (Lipinski definition) is 4. The van der Waals surface area contributed by atoms with Crippen LogP contribution in [0.5, 0.6) is 0 Å². The van der Waals surface area contributed by atoms with E-state index < -0.39 is 12.1 Å². The summed E-state index contributed by atoms with van der Waals surface area (Å²) in [5, 5.41) is 0. The van der Waals surface area contributed by atoms with Gasteiger partial charge in [-0.25, -0.2) is 0 Å². The fourth-order valence-electron chi connectivity index (χ4n) is 0.910. The van der Waals surface area contributed by atoms with E-state index in [2.05, 4.69) is 10.7 Å². The molecule has 0 aromatic rings. The molecule has 0 amide bonds. The Hall–Kier alpha value is -1.50. The Bertz CT molecular complexity index is 239. The van der Waals surface area contributed by atoms with Crippen molar-refractivity contribution in [1.82, 2.24) is 0 Å². The summed E-state index contributed by atoms with van der Waals surface area (Å²) < 4.78 is 9.24. The molecule has 1 unspecified atom stereocenters. The molecule has 4 heteroatoms. The van der Waals surface area contributed by atoms with Gasteiger partial charge in [0, 0.05) is 13.3 Å². The number of carbonyl (C=O) groups is 2. The van der Waals surface area contributed by atoms with Gasteiger partial charge in [0.05, 0.1) is 7.11 Å². The zero-order valence-electron chi connectivity index (χ0n) is 8.41. The Morgan fingerprint density at radius 1 is 1.50 bits per heavy atom. The fraction of sp³-hybridized carbons (Fsp3) is 0.600. The highest BCUT2D eigenvalue weighted by atomic mass is 16.5. The van der Waals surface area contributed by atoms with Gasteiger partial charge < -0.3 is 9.47 Å². The molecule has 14 heavy (non-hydrogen) atoms. The first-order valence-corrected chi connectivity index (χ1v) is 4.30. The standard InChI is InChI=1S/C10H14O4/c1-4-9(14-8(2)11)6-5-7-10(12)13-3/h1,9H,5-7H2,2-3H3. The first-order chi connectivity index (χ1) is 6.60. The molecule has 0 saturated carbocycles. The van der Waals surface area contributed by atoms with E-state index in [-0.39, 0.29) is 12.4 Å². The largest absolute Gasteiger partial charge is 0.469 e. The molecule has 1 atom stereocenters. The van der Waals surface area contributed by atoms with Gasteiger partial charge in [-0.05, 0) is 12.8 Å². The Kier molecular flexibility index (Phi) is 6.21. The van der Waals surface area contributed by atoms with Crippen molar-refractivity contribution in [1.29, 1.82) is 0 Å². The molecule has 0 aliphatic rings. The van der Waals surface area contributed by atoms with Crippen LogP contribution in [-0.2, 0) is 19.1 Å². The average Bonchev–Trinajstić information content (AvgIpc) is 2.15. The highest BCUT2D eigenvalue weighted by Gasteiger charge is 2.09. The van der Waals surface area contributed by atoms with Crippen molar-refractivity contribution in [3.63, 3.8) is 0 Å². The number of carbonyl (C=O) groups excluding carboxylic acids is 2. The number of rotatable bonds is 5. The lowest BCUT2D eigenvalue weighted by Gasteiger charge is -2.09. The minimum Gasteiger partial charge on any atom is -0.469 e. The van der Waals surface area contributed by atoms with E-state index in [4.69, 9.17) is 11.2 Å². The van der Waals surface area contributed by atoms with Gasteiger partial charge >= 0.3 is 11.9 Å². The van der Waals surface area contributed by atoms with Gasteiger partial charge in [-0.15, -0.1) is 6.42 Å². The van der Waals surface area contributed by atoms with Crippen LogP contribution in [-0.4, -0.2) is 25.2 Å². The van der Waals surface area contributed by atoms with Crippen LogP contribution < -0.4 is 0 Å². The second-order valence-corrected chi connectivity index (χ2v) is 2.73. The summed E-state index contributed by atoms with van der Waals surface area (Å²) in [4.78, 5) is 21.3. The molecule has 0 N–H and O–H groups in total. The van der Waals surface area contributed by atoms with Crippen LogP contribution in [0.2, 0.25) is 0 Å². The van der Waals surface area contributed by atoms with Crippen LogP contribution in [0.3, 0.4) is 0 Å². The highest BCUT2D eigenvalue weighted by molar-refractivity contribution is 5.69. The van der Waals surface area contributed by atoms with Crippen LogP contribution >= 0.6 is 0 Å². The molecule has 0 aliphatic heterocycles. The lowest BCUT2D eigenvalue weighted by atomic mass is 10.1. The summed E-state index contributed by atoms with van der Waals surface area (Å²) in [6.45, 7) is 1.30. The van der Waals surface area contributed by atoms with Crippen molar-refractivity contribution in [2.75, 3.05) is 7.11 Å². The highest BCUT2D eigenvalue weighted by Crippen LogP contribution is 2.05. The van der Waals surface area contributed by atoms with Gasteiger partial charge in [0.25, 0.3) is 0 Å². The Morgan fingerprint density at radius 3 is 2.57 bits per heavy atom. The molecule has 0 rings (SSSR count). The molecule has 0 radical (unpaired) electrons. The topological polar surface area (TPSA) is 52.6 Å². The van der Waals surface area contributed by atoms with Crippen LogP contribution in [0.4, 0.5) is 0 Å². The molecule has 0 bridgehead atoms. The first kappa shape index (κ1) is 12.5. The third-order valence-corrected chi connectivity index (χ3v) is 1.57. The van der Waals surface area contributed by atoms with Gasteiger partial charge in [-0.1, -0.05) is 5.92 Å². The van der Waals surface area contributed by atoms with Crippen LogP contribution in [0, 0.1) is 12.3 Å². The molecule has 4 nitrogen and oxygen atoms in total. The SMILES string of the molecule is C#CC(CCCC(=O)OC)OC(C)=O. The van der Waals surface area contributed by atoms with Crippen molar-refractivity contribution < 1.29 is 19.1 Å². The maximum atomic E-state index is 10.7. The van der Waals surface area contributed by atoms with E-state index in [1.54, 1.807) is 0 Å². The van der Waals surface area contributed by atoms with Crippen LogP contribution in [0.25, 0.3) is 0 Å². The van der Waals surface area contributed by atoms with Gasteiger partial charge in [0.1, 0.15) is 0 Å². The minimum absolute atomic E-state index is 0.288. The third kappa shape index (κ3) is 6.06. The molecule has 0 aliphatic carbocycles. The van der Waals surface area contributed by atoms with E-state index in [1.165, 1.54) is 14.0 Å². The second-order valence-electron chi connectivity index (χ2n) is 2.73. The van der Waals surface area contributed by atoms with Crippen molar-refractivity contribution in [3.05, 3.63) is 0 Å². The van der Waals surface area contributed by atoms with E-state index in [9.17, 15) is 9.59 Å². The van der Waals surface area contributed by atoms with E-state index in [0.29, 0.717) is 12.8 Å². The molecule has 0 fully saturated rings. The van der Waals surface area contributed by atoms with E-state index >= 15 is 0 Å². The molecule has 0 aromatic heterocycles. The summed E-state index contributed by atoms with van der Waals surface area (Å²) in [5.74, 6) is 1.63. The Labute approximate surface area is 83.6 Å². The molecule has 0 aromatic carbocycles. The lowest BCUT2D eigenvalue weighted by molar-refractivity contribution is -0.144. The zero-order chi connectivity index (χ0) is 11.0. The number of esters is 2. The summed E-state index contributed by atoms with van der Waals surface area (Å²) >= 11 is 0. The summed E-state index contributed by atoms with van der Waals surface area (Å²) in [6.07, 6.45) is 5.90. The van der Waals surface area contributed by atoms with Gasteiger partial charge in [-0.2, -0.15) is 0 Å². The second kappa shape index (κ2) is 6.96. The quantitative estimate of drug-likeness (QED) is 0.486. The minimum atomic E-state index is -0.544. The molecular weight excluding hydrogens is 184 g/mol. The van der Waals surface area contributed by atoms with E-state index in [0.717, 1.165) is 0 Å². The predicted molar refractivity (Wildman–Crippen MR) is 50.3 cm³/mol. The average molecular weight is 198 g/mol. The molecule has 0 spiro atoms. The normalized spacial score (nSPS) is 11.2. The Morgan fingerprint density at radius 2 is 2.14 bits per heavy atom. The summed E-state index contributed by atoms with van der Waals surface area (Å²) in [5.41, 5.74) is 0. The number of hydrogen-bond donors (Lipinski definition) is 0. The predicted octanol–water partition coefficient (Wildman–Crippen LogP) is 0.895. The fourth-order valence-corrected chi connectivity index (χ4v) is 0.910. The lowest BCUT2D eigenvalue weighted by Crippen LogP contribution is -2.14. The van der Waals surface area contributed by atoms with Gasteiger partial charge in [-0.3, -0.25) is 9.59 Å². The van der Waals surface area contributed by atoms with Crippen LogP contribution in [0.15, 0.2) is 0 Å². The zero-order valence-corrected chi connectivity index (χ0v) is 8.41. The molecule has 0 heterocycles. The van der Waals surface area contributed by atoms with E-state index in [1.807, 2.05) is 0 Å². The number of methoxy groups -OCH3 is 1. The van der Waals surface area contributed by atoms with Crippen molar-refractivity contribution in [2.24, 2.45) is 0 Å². The molecule has 78 valence electrons. The first-order valence-electron chi connectivity index (χ1n) is 4.30. The molecule has 0 saturated heterocycles. The number of ether oxygens (including phenoxy) is 2. The Balaban J connectivity index is 3.69. The van der Waals surface area contributed by atoms with Crippen molar-refractivity contribution in [3.8, 4) is 12.3 Å². The monoisotopic (exact) mass is 198 g/mol. The van der Waals surface area contributed by atoms with Gasteiger partial charge in [0.2, 0.25) is 0 Å². The van der Waals surface area contributed by atoms with Crippen molar-refractivity contribution in [2.45, 2.75) is 32.3 Å². The maximum Gasteiger partial charge on any atom is 0.305 e. The van der Waals surface area contributed by atoms with Crippen LogP contribution in [0.1, 0.15) is 26.2 Å². The smallest absolute Gasteiger partial charge is 0.305 e. The third-order valence-electron chi connectivity index (χ3n) is 1.57. The molecular formula is C10H14O4. The number of terminal acetylenes is 1. The maximum absolute atomic E-state index is 10.7. The van der Waals surface area contributed by atoms with Crippen molar-refractivity contribution >= 4 is 11.9 Å². The van der Waals surface area contributed by atoms with Gasteiger partial charge in [0.15, 0.2) is 6.10 Å². The summed E-state index contributed by atoms with van der Waals surface area (Å²) in [7, 11) is 1.33. The summed E-state index contributed by atoms with van der Waals surface area (Å²) in [6, 6.07) is 0.